The molecule has 3 nitrogen and oxygen atoms in total. The van der Waals surface area contributed by atoms with Crippen molar-refractivity contribution in [3.05, 3.63) is 0 Å². The van der Waals surface area contributed by atoms with Crippen LogP contribution in [0.25, 0.3) is 0 Å². The van der Waals surface area contributed by atoms with Crippen LogP contribution in [-0.4, -0.2) is 37.4 Å². The van der Waals surface area contributed by atoms with E-state index in [0.717, 1.165) is 6.67 Å². The van der Waals surface area contributed by atoms with E-state index >= 15 is 0 Å². The monoisotopic (exact) mass is 127 g/mol. The van der Waals surface area contributed by atoms with Crippen LogP contribution in [0.3, 0.4) is 0 Å². The van der Waals surface area contributed by atoms with Gasteiger partial charge in [0, 0.05) is 19.8 Å². The van der Waals surface area contributed by atoms with Crippen molar-refractivity contribution < 1.29 is 0 Å². The number of hydrogen-bond donors (Lipinski definition) is 2. The van der Waals surface area contributed by atoms with Gasteiger partial charge in [0.2, 0.25) is 0 Å². The Morgan fingerprint density at radius 2 is 2.33 bits per heavy atom. The van der Waals surface area contributed by atoms with E-state index in [-0.39, 0.29) is 0 Å². The maximum absolute atomic E-state index is 3.44. The zero-order valence-electron chi connectivity index (χ0n) is 5.56. The lowest BCUT2D eigenvalue weighted by molar-refractivity contribution is 0.176. The number of nitrogens with one attached hydrogen (secondary N) is 2. The standard InChI is InChI=1S/C6H13N3/c1-2-7-5-9-4-3-8-6(1)9/h6-8H,1-5H2. The number of rotatable bonds is 0. The van der Waals surface area contributed by atoms with Crippen molar-refractivity contribution in [1.29, 1.82) is 0 Å². The minimum Gasteiger partial charge on any atom is -0.304 e. The highest BCUT2D eigenvalue weighted by Gasteiger charge is 2.25. The van der Waals surface area contributed by atoms with Gasteiger partial charge in [0.1, 0.15) is 0 Å². The fraction of sp³-hybridized carbons (Fsp3) is 1.00. The minimum absolute atomic E-state index is 0.686. The molecule has 1 atom stereocenters. The fourth-order valence-corrected chi connectivity index (χ4v) is 1.60. The van der Waals surface area contributed by atoms with Crippen LogP contribution >= 0.6 is 0 Å². The van der Waals surface area contributed by atoms with Gasteiger partial charge >= 0.3 is 0 Å². The van der Waals surface area contributed by atoms with Crippen molar-refractivity contribution in [2.45, 2.75) is 12.6 Å². The first-order chi connectivity index (χ1) is 4.47. The van der Waals surface area contributed by atoms with Crippen LogP contribution in [0.5, 0.6) is 0 Å². The Bertz CT molecular complexity index is 92.5. The van der Waals surface area contributed by atoms with Crippen LogP contribution in [0.15, 0.2) is 0 Å². The lowest BCUT2D eigenvalue weighted by atomic mass is 10.3. The molecule has 3 heteroatoms. The molecule has 52 valence electrons. The Balaban J connectivity index is 1.97. The zero-order valence-corrected chi connectivity index (χ0v) is 5.56. The molecule has 2 heterocycles. The zero-order chi connectivity index (χ0) is 6.10. The van der Waals surface area contributed by atoms with Crippen molar-refractivity contribution in [2.75, 3.05) is 26.3 Å². The normalized spacial score (nSPS) is 36.7. The lowest BCUT2D eigenvalue weighted by Gasteiger charge is -2.29. The third kappa shape index (κ3) is 0.956. The molecule has 0 aromatic heterocycles. The van der Waals surface area contributed by atoms with Crippen molar-refractivity contribution in [2.24, 2.45) is 0 Å². The number of nitrogens with zero attached hydrogens (tertiary/aromatic N) is 1. The molecule has 0 bridgehead atoms. The Kier molecular flexibility index (Phi) is 1.41. The lowest BCUT2D eigenvalue weighted by Crippen LogP contribution is -2.48. The van der Waals surface area contributed by atoms with E-state index in [1.165, 1.54) is 26.1 Å². The van der Waals surface area contributed by atoms with Gasteiger partial charge in [-0.25, -0.2) is 0 Å². The first kappa shape index (κ1) is 5.65. The van der Waals surface area contributed by atoms with Crippen molar-refractivity contribution >= 4 is 0 Å². The molecule has 0 radical (unpaired) electrons. The van der Waals surface area contributed by atoms with Crippen molar-refractivity contribution in [3.8, 4) is 0 Å². The van der Waals surface area contributed by atoms with Crippen LogP contribution in [0.2, 0.25) is 0 Å². The van der Waals surface area contributed by atoms with E-state index in [2.05, 4.69) is 15.5 Å². The molecular formula is C6H13N3. The van der Waals surface area contributed by atoms with Crippen molar-refractivity contribution in [3.63, 3.8) is 0 Å². The summed E-state index contributed by atoms with van der Waals surface area (Å²) in [5.41, 5.74) is 0. The molecule has 1 unspecified atom stereocenters. The molecule has 2 rings (SSSR count). The molecule has 2 N–H and O–H groups in total. The second-order valence-electron chi connectivity index (χ2n) is 2.73. The average molecular weight is 127 g/mol. The molecule has 0 aromatic carbocycles. The molecule has 2 aliphatic heterocycles. The maximum Gasteiger partial charge on any atom is 0.0621 e. The summed E-state index contributed by atoms with van der Waals surface area (Å²) in [4.78, 5) is 2.45. The summed E-state index contributed by atoms with van der Waals surface area (Å²) in [7, 11) is 0. The van der Waals surface area contributed by atoms with E-state index in [4.69, 9.17) is 0 Å². The van der Waals surface area contributed by atoms with Crippen LogP contribution in [0.1, 0.15) is 6.42 Å². The summed E-state index contributed by atoms with van der Waals surface area (Å²) in [6, 6.07) is 0. The van der Waals surface area contributed by atoms with E-state index in [1.54, 1.807) is 0 Å². The first-order valence-electron chi connectivity index (χ1n) is 3.65. The van der Waals surface area contributed by atoms with E-state index < -0.39 is 0 Å². The van der Waals surface area contributed by atoms with Crippen LogP contribution in [0, 0.1) is 0 Å². The number of fused-ring (bicyclic) bond motifs is 1. The predicted octanol–water partition coefficient (Wildman–Crippen LogP) is -0.831. The Hall–Kier alpha value is -0.120. The predicted molar refractivity (Wildman–Crippen MR) is 36.0 cm³/mol. The third-order valence-electron chi connectivity index (χ3n) is 2.13. The summed E-state index contributed by atoms with van der Waals surface area (Å²) in [5.74, 6) is 0. The minimum atomic E-state index is 0.686. The molecule has 0 saturated carbocycles. The van der Waals surface area contributed by atoms with Gasteiger partial charge < -0.3 is 10.6 Å². The molecule has 0 aliphatic carbocycles. The van der Waals surface area contributed by atoms with Gasteiger partial charge in [0.25, 0.3) is 0 Å². The van der Waals surface area contributed by atoms with Gasteiger partial charge in [-0.3, -0.25) is 4.90 Å². The Morgan fingerprint density at radius 3 is 3.22 bits per heavy atom. The van der Waals surface area contributed by atoms with Gasteiger partial charge in [-0.15, -0.1) is 0 Å². The first-order valence-corrected chi connectivity index (χ1v) is 3.65. The summed E-state index contributed by atoms with van der Waals surface area (Å²) in [5, 5.41) is 6.79. The summed E-state index contributed by atoms with van der Waals surface area (Å²) >= 11 is 0. The average Bonchev–Trinajstić information content (AvgIpc) is 2.33. The van der Waals surface area contributed by atoms with E-state index in [9.17, 15) is 0 Å². The smallest absolute Gasteiger partial charge is 0.0621 e. The SMILES string of the molecule is C1CC2NCCN2CN1. The molecule has 0 aromatic rings. The Labute approximate surface area is 55.4 Å². The van der Waals surface area contributed by atoms with Crippen LogP contribution in [-0.2, 0) is 0 Å². The number of hydrogen-bond acceptors (Lipinski definition) is 3. The molecule has 2 fully saturated rings. The maximum atomic E-state index is 3.44. The van der Waals surface area contributed by atoms with Crippen LogP contribution in [0.4, 0.5) is 0 Å². The van der Waals surface area contributed by atoms with Crippen molar-refractivity contribution in [1.82, 2.24) is 15.5 Å². The molecular weight excluding hydrogens is 114 g/mol. The van der Waals surface area contributed by atoms with Gasteiger partial charge in [0.05, 0.1) is 6.17 Å². The van der Waals surface area contributed by atoms with Gasteiger partial charge in [-0.1, -0.05) is 0 Å². The quantitative estimate of drug-likeness (QED) is 0.444. The van der Waals surface area contributed by atoms with Gasteiger partial charge in [-0.2, -0.15) is 0 Å². The highest BCUT2D eigenvalue weighted by atomic mass is 15.4. The highest BCUT2D eigenvalue weighted by molar-refractivity contribution is 4.80. The highest BCUT2D eigenvalue weighted by Crippen LogP contribution is 2.07. The summed E-state index contributed by atoms with van der Waals surface area (Å²) in [6.07, 6.45) is 1.95. The fourth-order valence-electron chi connectivity index (χ4n) is 1.60. The molecule has 9 heavy (non-hydrogen) atoms. The summed E-state index contributed by atoms with van der Waals surface area (Å²) in [6.45, 7) is 4.65. The second-order valence-corrected chi connectivity index (χ2v) is 2.73. The van der Waals surface area contributed by atoms with Gasteiger partial charge in [0.15, 0.2) is 0 Å². The largest absolute Gasteiger partial charge is 0.304 e. The molecule has 2 aliphatic rings. The van der Waals surface area contributed by atoms with Gasteiger partial charge in [-0.05, 0) is 13.0 Å². The van der Waals surface area contributed by atoms with E-state index in [0.29, 0.717) is 6.17 Å². The Morgan fingerprint density at radius 1 is 1.33 bits per heavy atom. The summed E-state index contributed by atoms with van der Waals surface area (Å²) < 4.78 is 0. The topological polar surface area (TPSA) is 27.3 Å². The third-order valence-corrected chi connectivity index (χ3v) is 2.13. The molecule has 2 saturated heterocycles. The molecule has 0 amide bonds. The van der Waals surface area contributed by atoms with E-state index in [1.807, 2.05) is 0 Å². The second kappa shape index (κ2) is 2.25. The van der Waals surface area contributed by atoms with Crippen LogP contribution < -0.4 is 10.6 Å². The molecule has 0 spiro atoms.